The van der Waals surface area contributed by atoms with Crippen molar-refractivity contribution in [2.24, 2.45) is 0 Å². The highest BCUT2D eigenvalue weighted by Gasteiger charge is 2.27. The van der Waals surface area contributed by atoms with Crippen molar-refractivity contribution in [3.05, 3.63) is 33.0 Å². The number of hydrogen-bond donors (Lipinski definition) is 2. The molecule has 0 aliphatic heterocycles. The molecule has 0 aliphatic carbocycles. The normalized spacial score (nSPS) is 14.9. The highest BCUT2D eigenvalue weighted by Crippen LogP contribution is 2.34. The summed E-state index contributed by atoms with van der Waals surface area (Å²) in [7, 11) is 1.78. The molecule has 0 aromatic heterocycles. The zero-order valence-electron chi connectivity index (χ0n) is 9.15. The molecule has 1 aromatic carbocycles. The third kappa shape index (κ3) is 2.94. The molecule has 1 unspecified atom stereocenters. The SMILES string of the molecule is CNCCC(C)(O)c1ccc(Br)c(Cl)c1F. The summed E-state index contributed by atoms with van der Waals surface area (Å²) in [5.41, 5.74) is -1.01. The van der Waals surface area contributed by atoms with Crippen LogP contribution in [0.2, 0.25) is 5.02 Å². The van der Waals surface area contributed by atoms with Gasteiger partial charge in [-0.1, -0.05) is 17.7 Å². The molecule has 0 heterocycles. The Hall–Kier alpha value is -0.160. The lowest BCUT2D eigenvalue weighted by atomic mass is 9.92. The summed E-state index contributed by atoms with van der Waals surface area (Å²) >= 11 is 8.91. The van der Waals surface area contributed by atoms with Gasteiger partial charge < -0.3 is 10.4 Å². The maximum Gasteiger partial charge on any atom is 0.149 e. The predicted molar refractivity (Wildman–Crippen MR) is 67.2 cm³/mol. The van der Waals surface area contributed by atoms with Crippen LogP contribution in [0.3, 0.4) is 0 Å². The van der Waals surface area contributed by atoms with E-state index in [0.29, 0.717) is 17.4 Å². The van der Waals surface area contributed by atoms with Crippen LogP contribution in [0.1, 0.15) is 18.9 Å². The summed E-state index contributed by atoms with van der Waals surface area (Å²) in [4.78, 5) is 0. The first-order valence-electron chi connectivity index (χ1n) is 4.91. The molecule has 1 rings (SSSR count). The monoisotopic (exact) mass is 309 g/mol. The molecule has 0 bridgehead atoms. The highest BCUT2D eigenvalue weighted by atomic mass is 79.9. The Morgan fingerprint density at radius 1 is 1.56 bits per heavy atom. The number of halogens is 3. The van der Waals surface area contributed by atoms with Gasteiger partial charge in [0, 0.05) is 10.0 Å². The fraction of sp³-hybridized carbons (Fsp3) is 0.455. The average molecular weight is 311 g/mol. The van der Waals surface area contributed by atoms with Crippen molar-refractivity contribution in [1.82, 2.24) is 5.32 Å². The van der Waals surface area contributed by atoms with E-state index in [1.54, 1.807) is 26.1 Å². The third-order valence-electron chi connectivity index (χ3n) is 2.48. The lowest BCUT2D eigenvalue weighted by Gasteiger charge is -2.24. The van der Waals surface area contributed by atoms with Crippen LogP contribution in [0.15, 0.2) is 16.6 Å². The molecule has 1 aromatic rings. The summed E-state index contributed by atoms with van der Waals surface area (Å²) in [5, 5.41) is 13.1. The topological polar surface area (TPSA) is 32.3 Å². The Morgan fingerprint density at radius 2 is 2.19 bits per heavy atom. The van der Waals surface area contributed by atoms with E-state index in [-0.39, 0.29) is 10.6 Å². The summed E-state index contributed by atoms with van der Waals surface area (Å²) in [5.74, 6) is -0.572. The summed E-state index contributed by atoms with van der Waals surface area (Å²) < 4.78 is 14.3. The van der Waals surface area contributed by atoms with Crippen LogP contribution >= 0.6 is 27.5 Å². The molecule has 0 spiro atoms. The number of benzene rings is 1. The second-order valence-electron chi connectivity index (χ2n) is 3.85. The molecule has 1 atom stereocenters. The fourth-order valence-corrected chi connectivity index (χ4v) is 1.92. The van der Waals surface area contributed by atoms with Crippen LogP contribution in [0.25, 0.3) is 0 Å². The van der Waals surface area contributed by atoms with Gasteiger partial charge in [-0.25, -0.2) is 4.39 Å². The maximum atomic E-state index is 13.8. The van der Waals surface area contributed by atoms with Crippen LogP contribution in [0.4, 0.5) is 4.39 Å². The van der Waals surface area contributed by atoms with Gasteiger partial charge in [-0.05, 0) is 48.9 Å². The Morgan fingerprint density at radius 3 is 2.75 bits per heavy atom. The van der Waals surface area contributed by atoms with E-state index in [2.05, 4.69) is 21.2 Å². The third-order valence-corrected chi connectivity index (χ3v) is 3.74. The van der Waals surface area contributed by atoms with Gasteiger partial charge in [0.1, 0.15) is 5.82 Å². The van der Waals surface area contributed by atoms with Crippen molar-refractivity contribution in [3.63, 3.8) is 0 Å². The molecule has 0 radical (unpaired) electrons. The first-order chi connectivity index (χ1) is 7.40. The lowest BCUT2D eigenvalue weighted by Crippen LogP contribution is -2.27. The molecule has 0 saturated carbocycles. The van der Waals surface area contributed by atoms with Crippen LogP contribution in [0.5, 0.6) is 0 Å². The van der Waals surface area contributed by atoms with Crippen LogP contribution in [-0.4, -0.2) is 18.7 Å². The maximum absolute atomic E-state index is 13.8. The first-order valence-corrected chi connectivity index (χ1v) is 6.08. The van der Waals surface area contributed by atoms with Crippen molar-refractivity contribution in [1.29, 1.82) is 0 Å². The fourth-order valence-electron chi connectivity index (χ4n) is 1.44. The van der Waals surface area contributed by atoms with Crippen LogP contribution in [0, 0.1) is 5.82 Å². The van der Waals surface area contributed by atoms with Crippen molar-refractivity contribution < 1.29 is 9.50 Å². The smallest absolute Gasteiger partial charge is 0.149 e. The van der Waals surface area contributed by atoms with Gasteiger partial charge in [0.05, 0.1) is 10.6 Å². The summed E-state index contributed by atoms with van der Waals surface area (Å²) in [6.45, 7) is 2.17. The van der Waals surface area contributed by atoms with Gasteiger partial charge in [-0.15, -0.1) is 0 Å². The van der Waals surface area contributed by atoms with E-state index >= 15 is 0 Å². The Kier molecular flexibility index (Phi) is 4.73. The molecule has 90 valence electrons. The summed E-state index contributed by atoms with van der Waals surface area (Å²) in [6.07, 6.45) is 0.415. The number of nitrogens with one attached hydrogen (secondary N) is 1. The minimum atomic E-state index is -1.22. The minimum Gasteiger partial charge on any atom is -0.385 e. The van der Waals surface area contributed by atoms with E-state index in [1.165, 1.54) is 0 Å². The van der Waals surface area contributed by atoms with E-state index in [4.69, 9.17) is 11.6 Å². The molecule has 0 aliphatic rings. The quantitative estimate of drug-likeness (QED) is 0.838. The highest BCUT2D eigenvalue weighted by molar-refractivity contribution is 9.10. The molecule has 0 saturated heterocycles. The molecule has 0 amide bonds. The minimum absolute atomic E-state index is 0.00207. The average Bonchev–Trinajstić information content (AvgIpc) is 2.23. The molecule has 2 N–H and O–H groups in total. The van der Waals surface area contributed by atoms with E-state index < -0.39 is 11.4 Å². The second-order valence-corrected chi connectivity index (χ2v) is 5.08. The van der Waals surface area contributed by atoms with Crippen molar-refractivity contribution >= 4 is 27.5 Å². The predicted octanol–water partition coefficient (Wildman–Crippen LogP) is 3.06. The van der Waals surface area contributed by atoms with E-state index in [9.17, 15) is 9.50 Å². The van der Waals surface area contributed by atoms with Gasteiger partial charge in [0.2, 0.25) is 0 Å². The Labute approximate surface area is 108 Å². The second kappa shape index (κ2) is 5.45. The Bertz CT molecular complexity index is 384. The Balaban J connectivity index is 3.08. The van der Waals surface area contributed by atoms with Gasteiger partial charge in [0.15, 0.2) is 0 Å². The van der Waals surface area contributed by atoms with Crippen molar-refractivity contribution in [2.75, 3.05) is 13.6 Å². The zero-order valence-corrected chi connectivity index (χ0v) is 11.5. The lowest BCUT2D eigenvalue weighted by molar-refractivity contribution is 0.0448. The number of aliphatic hydroxyl groups is 1. The number of rotatable bonds is 4. The number of hydrogen-bond acceptors (Lipinski definition) is 2. The van der Waals surface area contributed by atoms with E-state index in [0.717, 1.165) is 0 Å². The molecular weight excluding hydrogens is 296 g/mol. The van der Waals surface area contributed by atoms with Gasteiger partial charge in [-0.2, -0.15) is 0 Å². The van der Waals surface area contributed by atoms with Gasteiger partial charge in [-0.3, -0.25) is 0 Å². The zero-order chi connectivity index (χ0) is 12.3. The standard InChI is InChI=1S/C11H14BrClFNO/c1-11(16,5-6-15-2)7-3-4-8(12)9(13)10(7)14/h3-4,15-16H,5-6H2,1-2H3. The van der Waals surface area contributed by atoms with E-state index in [1.807, 2.05) is 0 Å². The molecule has 2 nitrogen and oxygen atoms in total. The van der Waals surface area contributed by atoms with Crippen molar-refractivity contribution in [3.8, 4) is 0 Å². The largest absolute Gasteiger partial charge is 0.385 e. The van der Waals surface area contributed by atoms with Gasteiger partial charge in [0.25, 0.3) is 0 Å². The van der Waals surface area contributed by atoms with Gasteiger partial charge >= 0.3 is 0 Å². The summed E-state index contributed by atoms with van der Waals surface area (Å²) in [6, 6.07) is 3.18. The van der Waals surface area contributed by atoms with Crippen LogP contribution < -0.4 is 5.32 Å². The molecule has 5 heteroatoms. The van der Waals surface area contributed by atoms with Crippen LogP contribution in [-0.2, 0) is 5.60 Å². The molecule has 0 fully saturated rings. The first kappa shape index (κ1) is 13.9. The molecule has 16 heavy (non-hydrogen) atoms. The molecular formula is C11H14BrClFNO. The van der Waals surface area contributed by atoms with Crippen molar-refractivity contribution in [2.45, 2.75) is 18.9 Å².